The highest BCUT2D eigenvalue weighted by Gasteiger charge is 2.25. The van der Waals surface area contributed by atoms with Crippen LogP contribution in [0.4, 0.5) is 0 Å². The van der Waals surface area contributed by atoms with E-state index in [0.29, 0.717) is 13.2 Å². The lowest BCUT2D eigenvalue weighted by molar-refractivity contribution is -0.150. The molecule has 6 heteroatoms. The summed E-state index contributed by atoms with van der Waals surface area (Å²) in [5.41, 5.74) is 0. The van der Waals surface area contributed by atoms with Gasteiger partial charge in [0, 0.05) is 20.1 Å². The third-order valence-corrected chi connectivity index (χ3v) is 1.95. The van der Waals surface area contributed by atoms with Gasteiger partial charge in [-0.3, -0.25) is 9.59 Å². The minimum Gasteiger partial charge on any atom is -0.480 e. The van der Waals surface area contributed by atoms with Crippen LogP contribution in [0, 0.1) is 0 Å². The van der Waals surface area contributed by atoms with Gasteiger partial charge in [0.05, 0.1) is 6.61 Å². The summed E-state index contributed by atoms with van der Waals surface area (Å²) < 4.78 is 5.20. The minimum absolute atomic E-state index is 0.292. The monoisotopic (exact) mass is 202 g/mol. The van der Waals surface area contributed by atoms with Crippen molar-refractivity contribution in [2.75, 3.05) is 33.3 Å². The van der Waals surface area contributed by atoms with Crippen molar-refractivity contribution in [3.8, 4) is 0 Å². The van der Waals surface area contributed by atoms with Crippen LogP contribution >= 0.6 is 0 Å². The van der Waals surface area contributed by atoms with Crippen LogP contribution in [-0.2, 0) is 14.3 Å². The largest absolute Gasteiger partial charge is 0.480 e. The molecule has 1 rings (SSSR count). The van der Waals surface area contributed by atoms with Gasteiger partial charge in [0.2, 0.25) is 0 Å². The van der Waals surface area contributed by atoms with Crippen molar-refractivity contribution in [2.24, 2.45) is 0 Å². The van der Waals surface area contributed by atoms with Gasteiger partial charge in [-0.05, 0) is 0 Å². The topological polar surface area (TPSA) is 78.9 Å². The van der Waals surface area contributed by atoms with Crippen molar-refractivity contribution >= 4 is 11.9 Å². The van der Waals surface area contributed by atoms with Gasteiger partial charge in [-0.2, -0.15) is 0 Å². The molecular formula is C8H14N2O4. The molecule has 0 saturated carbocycles. The number of rotatable bonds is 3. The molecule has 1 aliphatic rings. The summed E-state index contributed by atoms with van der Waals surface area (Å²) in [6, 6.07) is 0. The molecule has 1 amide bonds. The Morgan fingerprint density at radius 1 is 1.64 bits per heavy atom. The molecule has 0 aliphatic carbocycles. The first-order chi connectivity index (χ1) is 6.61. The fraction of sp³-hybridized carbons (Fsp3) is 0.750. The van der Waals surface area contributed by atoms with Crippen molar-refractivity contribution in [1.29, 1.82) is 0 Å². The molecule has 1 atom stereocenters. The van der Waals surface area contributed by atoms with Crippen LogP contribution in [-0.4, -0.2) is 61.3 Å². The molecule has 0 radical (unpaired) electrons. The standard InChI is InChI=1S/C8H14N2O4/c1-10(5-7(11)12)8(13)6-4-9-2-3-14-6/h6,9H,2-5H2,1H3,(H,11,12). The Bertz CT molecular complexity index is 225. The van der Waals surface area contributed by atoms with E-state index in [4.69, 9.17) is 9.84 Å². The van der Waals surface area contributed by atoms with E-state index in [1.165, 1.54) is 7.05 Å². The number of morpholine rings is 1. The highest BCUT2D eigenvalue weighted by Crippen LogP contribution is 2.00. The number of nitrogens with one attached hydrogen (secondary N) is 1. The average Bonchev–Trinajstić information content (AvgIpc) is 2.17. The first-order valence-electron chi connectivity index (χ1n) is 4.40. The molecule has 0 aromatic carbocycles. The molecule has 2 N–H and O–H groups in total. The lowest BCUT2D eigenvalue weighted by Gasteiger charge is -2.26. The predicted molar refractivity (Wildman–Crippen MR) is 47.9 cm³/mol. The van der Waals surface area contributed by atoms with E-state index in [1.54, 1.807) is 0 Å². The number of carbonyl (C=O) groups is 2. The highest BCUT2D eigenvalue weighted by molar-refractivity contribution is 5.84. The van der Waals surface area contributed by atoms with Gasteiger partial charge >= 0.3 is 5.97 Å². The zero-order valence-electron chi connectivity index (χ0n) is 8.02. The smallest absolute Gasteiger partial charge is 0.323 e. The van der Waals surface area contributed by atoms with Gasteiger partial charge in [-0.15, -0.1) is 0 Å². The summed E-state index contributed by atoms with van der Waals surface area (Å²) in [5.74, 6) is -1.32. The van der Waals surface area contributed by atoms with Gasteiger partial charge in [0.15, 0.2) is 0 Å². The summed E-state index contributed by atoms with van der Waals surface area (Å²) >= 11 is 0. The van der Waals surface area contributed by atoms with Crippen molar-refractivity contribution in [2.45, 2.75) is 6.10 Å². The maximum absolute atomic E-state index is 11.5. The van der Waals surface area contributed by atoms with Crippen LogP contribution in [0.3, 0.4) is 0 Å². The first kappa shape index (κ1) is 10.9. The number of amides is 1. The maximum Gasteiger partial charge on any atom is 0.323 e. The minimum atomic E-state index is -1.02. The van der Waals surface area contributed by atoms with Gasteiger partial charge in [-0.25, -0.2) is 0 Å². The molecule has 6 nitrogen and oxygen atoms in total. The molecule has 1 fully saturated rings. The van der Waals surface area contributed by atoms with Gasteiger partial charge < -0.3 is 20.1 Å². The predicted octanol–water partition coefficient (Wildman–Crippen LogP) is -1.48. The van der Waals surface area contributed by atoms with E-state index < -0.39 is 12.1 Å². The van der Waals surface area contributed by atoms with Gasteiger partial charge in [0.25, 0.3) is 5.91 Å². The first-order valence-corrected chi connectivity index (χ1v) is 4.40. The van der Waals surface area contributed by atoms with Crippen LogP contribution in [0.5, 0.6) is 0 Å². The number of hydrogen-bond acceptors (Lipinski definition) is 4. The third kappa shape index (κ3) is 2.97. The molecule has 14 heavy (non-hydrogen) atoms. The van der Waals surface area contributed by atoms with E-state index >= 15 is 0 Å². The van der Waals surface area contributed by atoms with E-state index in [0.717, 1.165) is 11.4 Å². The molecule has 1 saturated heterocycles. The third-order valence-electron chi connectivity index (χ3n) is 1.95. The zero-order valence-corrected chi connectivity index (χ0v) is 8.02. The summed E-state index contributed by atoms with van der Waals surface area (Å²) in [6.07, 6.45) is -0.548. The van der Waals surface area contributed by atoms with E-state index in [9.17, 15) is 9.59 Å². The summed E-state index contributed by atoms with van der Waals surface area (Å²) in [6.45, 7) is 1.37. The number of likely N-dealkylation sites (N-methyl/N-ethyl adjacent to an activating group) is 1. The quantitative estimate of drug-likeness (QED) is 0.583. The van der Waals surface area contributed by atoms with Crippen molar-refractivity contribution in [3.63, 3.8) is 0 Å². The number of aliphatic carboxylic acids is 1. The zero-order chi connectivity index (χ0) is 10.6. The second-order valence-electron chi connectivity index (χ2n) is 3.15. The Morgan fingerprint density at radius 2 is 2.36 bits per heavy atom. The Labute approximate surface area is 81.8 Å². The Kier molecular flexibility index (Phi) is 3.84. The fourth-order valence-corrected chi connectivity index (χ4v) is 1.25. The molecule has 1 aliphatic heterocycles. The Hall–Kier alpha value is -1.14. The average molecular weight is 202 g/mol. The Morgan fingerprint density at radius 3 is 2.86 bits per heavy atom. The number of carboxylic acids is 1. The molecule has 0 spiro atoms. The van der Waals surface area contributed by atoms with Crippen LogP contribution in [0.1, 0.15) is 0 Å². The lowest BCUT2D eigenvalue weighted by atomic mass is 10.2. The van der Waals surface area contributed by atoms with Crippen LogP contribution in [0.25, 0.3) is 0 Å². The normalized spacial score (nSPS) is 21.6. The number of hydrogen-bond donors (Lipinski definition) is 2. The van der Waals surface area contributed by atoms with E-state index in [-0.39, 0.29) is 12.5 Å². The van der Waals surface area contributed by atoms with Crippen molar-refractivity contribution in [1.82, 2.24) is 10.2 Å². The lowest BCUT2D eigenvalue weighted by Crippen LogP contribution is -2.49. The molecular weight excluding hydrogens is 188 g/mol. The van der Waals surface area contributed by atoms with Gasteiger partial charge in [0.1, 0.15) is 12.6 Å². The number of ether oxygens (including phenoxy) is 1. The van der Waals surface area contributed by atoms with E-state index in [1.807, 2.05) is 0 Å². The number of carboxylic acid groups (broad SMARTS) is 1. The SMILES string of the molecule is CN(CC(=O)O)C(=O)C1CNCCO1. The second-order valence-corrected chi connectivity index (χ2v) is 3.15. The highest BCUT2D eigenvalue weighted by atomic mass is 16.5. The number of carbonyl (C=O) groups excluding carboxylic acids is 1. The number of nitrogens with zero attached hydrogens (tertiary/aromatic N) is 1. The van der Waals surface area contributed by atoms with Crippen molar-refractivity contribution < 1.29 is 19.4 Å². The second kappa shape index (κ2) is 4.92. The van der Waals surface area contributed by atoms with Crippen LogP contribution in [0.15, 0.2) is 0 Å². The van der Waals surface area contributed by atoms with E-state index in [2.05, 4.69) is 5.32 Å². The molecule has 0 aromatic heterocycles. The van der Waals surface area contributed by atoms with Crippen molar-refractivity contribution in [3.05, 3.63) is 0 Å². The summed E-state index contributed by atoms with van der Waals surface area (Å²) in [7, 11) is 1.45. The maximum atomic E-state index is 11.5. The molecule has 1 unspecified atom stereocenters. The molecule has 0 aromatic rings. The fourth-order valence-electron chi connectivity index (χ4n) is 1.25. The summed E-state index contributed by atoms with van der Waals surface area (Å²) in [4.78, 5) is 23.0. The van der Waals surface area contributed by atoms with Crippen LogP contribution in [0.2, 0.25) is 0 Å². The molecule has 0 bridgehead atoms. The molecule has 80 valence electrons. The molecule has 1 heterocycles. The van der Waals surface area contributed by atoms with Gasteiger partial charge in [-0.1, -0.05) is 0 Å². The van der Waals surface area contributed by atoms with Crippen LogP contribution < -0.4 is 5.32 Å². The summed E-state index contributed by atoms with van der Waals surface area (Å²) in [5, 5.41) is 11.5. The Balaban J connectivity index is 2.42.